The van der Waals surface area contributed by atoms with Crippen LogP contribution < -0.4 is 9.47 Å². The van der Waals surface area contributed by atoms with Crippen molar-refractivity contribution in [3.8, 4) is 11.5 Å². The Bertz CT molecular complexity index is 292. The average Bonchev–Trinajstić information content (AvgIpc) is 2.80. The van der Waals surface area contributed by atoms with Crippen LogP contribution >= 0.6 is 0 Å². The van der Waals surface area contributed by atoms with Crippen molar-refractivity contribution in [3.63, 3.8) is 0 Å². The molecule has 11 heavy (non-hydrogen) atoms. The largest absolute Gasteiger partial charge is 0.493 e. The van der Waals surface area contributed by atoms with Gasteiger partial charge in [-0.1, -0.05) is 6.07 Å². The van der Waals surface area contributed by atoms with Crippen LogP contribution in [-0.2, 0) is 6.42 Å². The Morgan fingerprint density at radius 1 is 1.18 bits per heavy atom. The number of hydrogen-bond donors (Lipinski definition) is 0. The molecule has 0 aromatic heterocycles. The number of ether oxygens (including phenoxy) is 2. The van der Waals surface area contributed by atoms with Gasteiger partial charge < -0.3 is 9.47 Å². The van der Waals surface area contributed by atoms with Gasteiger partial charge in [-0.15, -0.1) is 0 Å². The first-order chi connectivity index (χ1) is 5.36. The fraction of sp³-hybridized carbons (Fsp3) is 0.333. The minimum Gasteiger partial charge on any atom is -0.493 e. The van der Waals surface area contributed by atoms with E-state index in [0.29, 0.717) is 0 Å². The highest BCUT2D eigenvalue weighted by Crippen LogP contribution is 2.42. The molecule has 0 spiro atoms. The summed E-state index contributed by atoms with van der Waals surface area (Å²) in [5.41, 5.74) is 2.68. The summed E-state index contributed by atoms with van der Waals surface area (Å²) in [6.07, 6.45) is 1.06. The molecule has 1 aromatic rings. The zero-order chi connectivity index (χ0) is 7.84. The summed E-state index contributed by atoms with van der Waals surface area (Å²) in [7, 11) is 3.34. The Hall–Kier alpha value is -1.18. The molecule has 58 valence electrons. The lowest BCUT2D eigenvalue weighted by Gasteiger charge is -2.04. The summed E-state index contributed by atoms with van der Waals surface area (Å²) < 4.78 is 10.3. The van der Waals surface area contributed by atoms with E-state index in [4.69, 9.17) is 9.47 Å². The van der Waals surface area contributed by atoms with Gasteiger partial charge in [0, 0.05) is 12.0 Å². The van der Waals surface area contributed by atoms with Gasteiger partial charge in [0.1, 0.15) is 0 Å². The van der Waals surface area contributed by atoms with Gasteiger partial charge in [-0.05, 0) is 11.6 Å². The van der Waals surface area contributed by atoms with Crippen LogP contribution in [0.15, 0.2) is 12.1 Å². The standard InChI is InChI=1S/C9H10O2/c1-10-8-4-3-6-5-7(6)9(8)11-2/h3-4H,5H2,1-2H3. The van der Waals surface area contributed by atoms with Gasteiger partial charge in [-0.3, -0.25) is 0 Å². The first-order valence-corrected chi connectivity index (χ1v) is 3.59. The quantitative estimate of drug-likeness (QED) is 0.647. The minimum absolute atomic E-state index is 0.837. The molecule has 0 unspecified atom stereocenters. The maximum Gasteiger partial charge on any atom is 0.164 e. The second-order valence-electron chi connectivity index (χ2n) is 2.62. The van der Waals surface area contributed by atoms with Crippen LogP contribution in [-0.4, -0.2) is 14.2 Å². The fourth-order valence-corrected chi connectivity index (χ4v) is 1.32. The molecule has 0 bridgehead atoms. The zero-order valence-electron chi connectivity index (χ0n) is 6.68. The van der Waals surface area contributed by atoms with Crippen molar-refractivity contribution in [2.24, 2.45) is 0 Å². The van der Waals surface area contributed by atoms with Gasteiger partial charge in [0.25, 0.3) is 0 Å². The van der Waals surface area contributed by atoms with E-state index in [0.717, 1.165) is 17.9 Å². The normalized spacial score (nSPS) is 12.2. The van der Waals surface area contributed by atoms with E-state index in [1.54, 1.807) is 14.2 Å². The van der Waals surface area contributed by atoms with E-state index in [9.17, 15) is 0 Å². The molecule has 1 aliphatic carbocycles. The second-order valence-corrected chi connectivity index (χ2v) is 2.62. The summed E-state index contributed by atoms with van der Waals surface area (Å²) in [6, 6.07) is 4.03. The molecule has 0 heterocycles. The van der Waals surface area contributed by atoms with Crippen LogP contribution in [0.1, 0.15) is 11.1 Å². The molecule has 1 aliphatic rings. The topological polar surface area (TPSA) is 18.5 Å². The van der Waals surface area contributed by atoms with Crippen molar-refractivity contribution in [1.29, 1.82) is 0 Å². The Labute approximate surface area is 65.7 Å². The molecule has 2 heteroatoms. The molecule has 0 amide bonds. The van der Waals surface area contributed by atoms with Crippen molar-refractivity contribution in [2.45, 2.75) is 6.42 Å². The van der Waals surface area contributed by atoms with Crippen molar-refractivity contribution in [2.75, 3.05) is 14.2 Å². The maximum atomic E-state index is 5.19. The van der Waals surface area contributed by atoms with E-state index in [2.05, 4.69) is 6.07 Å². The minimum atomic E-state index is 0.837. The average molecular weight is 150 g/mol. The van der Waals surface area contributed by atoms with Gasteiger partial charge in [-0.25, -0.2) is 0 Å². The SMILES string of the molecule is COc1ccc2c(c1OC)C2. The van der Waals surface area contributed by atoms with Crippen molar-refractivity contribution >= 4 is 0 Å². The predicted molar refractivity (Wildman–Crippen MR) is 42.4 cm³/mol. The van der Waals surface area contributed by atoms with Gasteiger partial charge >= 0.3 is 0 Å². The Balaban J connectivity index is 2.49. The lowest BCUT2D eigenvalue weighted by Crippen LogP contribution is -1.88. The number of methoxy groups -OCH3 is 2. The van der Waals surface area contributed by atoms with Crippen LogP contribution in [0.25, 0.3) is 0 Å². The molecule has 0 saturated heterocycles. The molecule has 0 aliphatic heterocycles. The zero-order valence-corrected chi connectivity index (χ0v) is 6.68. The van der Waals surface area contributed by atoms with Gasteiger partial charge in [0.15, 0.2) is 11.5 Å². The number of hydrogen-bond acceptors (Lipinski definition) is 2. The maximum absolute atomic E-state index is 5.19. The first kappa shape index (κ1) is 6.53. The fourth-order valence-electron chi connectivity index (χ4n) is 1.32. The molecule has 0 N–H and O–H groups in total. The third-order valence-electron chi connectivity index (χ3n) is 1.99. The van der Waals surface area contributed by atoms with Crippen molar-refractivity contribution < 1.29 is 9.47 Å². The highest BCUT2D eigenvalue weighted by atomic mass is 16.5. The van der Waals surface area contributed by atoms with E-state index in [1.807, 2.05) is 6.07 Å². The molecular weight excluding hydrogens is 140 g/mol. The first-order valence-electron chi connectivity index (χ1n) is 3.59. The summed E-state index contributed by atoms with van der Waals surface area (Å²) in [5, 5.41) is 0. The molecule has 2 rings (SSSR count). The third-order valence-corrected chi connectivity index (χ3v) is 1.99. The molecule has 1 aromatic carbocycles. The van der Waals surface area contributed by atoms with Crippen LogP contribution in [0, 0.1) is 0 Å². The lowest BCUT2D eigenvalue weighted by molar-refractivity contribution is 0.354. The molecule has 0 radical (unpaired) electrons. The highest BCUT2D eigenvalue weighted by molar-refractivity contribution is 5.60. The highest BCUT2D eigenvalue weighted by Gasteiger charge is 2.24. The molecule has 0 saturated carbocycles. The lowest BCUT2D eigenvalue weighted by atomic mass is 10.3. The second kappa shape index (κ2) is 2.16. The van der Waals surface area contributed by atoms with Crippen LogP contribution in [0.2, 0.25) is 0 Å². The number of benzene rings is 1. The van der Waals surface area contributed by atoms with E-state index < -0.39 is 0 Å². The van der Waals surface area contributed by atoms with Crippen molar-refractivity contribution in [3.05, 3.63) is 23.3 Å². The van der Waals surface area contributed by atoms with Crippen LogP contribution in [0.5, 0.6) is 11.5 Å². The van der Waals surface area contributed by atoms with Crippen LogP contribution in [0.3, 0.4) is 0 Å². The van der Waals surface area contributed by atoms with Gasteiger partial charge in [-0.2, -0.15) is 0 Å². The number of rotatable bonds is 2. The Kier molecular flexibility index (Phi) is 1.28. The summed E-state index contributed by atoms with van der Waals surface area (Å²) >= 11 is 0. The Morgan fingerprint density at radius 2 is 2.00 bits per heavy atom. The Morgan fingerprint density at radius 3 is 2.64 bits per heavy atom. The molecule has 2 nitrogen and oxygen atoms in total. The van der Waals surface area contributed by atoms with Crippen LogP contribution in [0.4, 0.5) is 0 Å². The predicted octanol–water partition coefficient (Wildman–Crippen LogP) is 1.61. The number of fused-ring (bicyclic) bond motifs is 1. The molecule has 0 atom stereocenters. The monoisotopic (exact) mass is 150 g/mol. The summed E-state index contributed by atoms with van der Waals surface area (Å²) in [6.45, 7) is 0. The molecular formula is C9H10O2. The van der Waals surface area contributed by atoms with Crippen molar-refractivity contribution in [1.82, 2.24) is 0 Å². The van der Waals surface area contributed by atoms with E-state index in [1.165, 1.54) is 11.1 Å². The smallest absolute Gasteiger partial charge is 0.164 e. The van der Waals surface area contributed by atoms with E-state index >= 15 is 0 Å². The van der Waals surface area contributed by atoms with Gasteiger partial charge in [0.05, 0.1) is 14.2 Å². The third kappa shape index (κ3) is 0.862. The van der Waals surface area contributed by atoms with Gasteiger partial charge in [0.2, 0.25) is 0 Å². The molecule has 0 fully saturated rings. The van der Waals surface area contributed by atoms with E-state index in [-0.39, 0.29) is 0 Å². The summed E-state index contributed by atoms with van der Waals surface area (Å²) in [4.78, 5) is 0. The summed E-state index contributed by atoms with van der Waals surface area (Å²) in [5.74, 6) is 1.74.